The predicted molar refractivity (Wildman–Crippen MR) is 72.0 cm³/mol. The second-order valence-corrected chi connectivity index (χ2v) is 5.65. The molecule has 0 bridgehead atoms. The van der Waals surface area contributed by atoms with Crippen molar-refractivity contribution in [2.24, 2.45) is 11.8 Å². The molecule has 0 aromatic carbocycles. The van der Waals surface area contributed by atoms with Gasteiger partial charge in [0.15, 0.2) is 0 Å². The van der Waals surface area contributed by atoms with Crippen LogP contribution in [0.15, 0.2) is 5.51 Å². The molecule has 0 saturated heterocycles. The van der Waals surface area contributed by atoms with Crippen molar-refractivity contribution in [3.8, 4) is 0 Å². The molecule has 1 N–H and O–H groups in total. The Morgan fingerprint density at radius 3 is 2.69 bits per heavy atom. The topological polar surface area (TPSA) is 24.9 Å². The van der Waals surface area contributed by atoms with Crippen LogP contribution in [-0.2, 0) is 6.42 Å². The Morgan fingerprint density at radius 1 is 1.44 bits per heavy atom. The van der Waals surface area contributed by atoms with Gasteiger partial charge in [0.2, 0.25) is 0 Å². The Labute approximate surface area is 103 Å². The normalized spacial score (nSPS) is 13.3. The molecule has 1 rings (SSSR count). The van der Waals surface area contributed by atoms with Crippen molar-refractivity contribution >= 4 is 11.3 Å². The lowest BCUT2D eigenvalue weighted by Crippen LogP contribution is -2.26. The zero-order valence-corrected chi connectivity index (χ0v) is 11.7. The minimum absolute atomic E-state index is 0.757. The summed E-state index contributed by atoms with van der Waals surface area (Å²) in [5.74, 6) is 1.54. The zero-order valence-electron chi connectivity index (χ0n) is 10.9. The summed E-state index contributed by atoms with van der Waals surface area (Å²) in [6, 6.07) is 0. The van der Waals surface area contributed by atoms with E-state index in [0.29, 0.717) is 0 Å². The number of thiazole rings is 1. The van der Waals surface area contributed by atoms with Gasteiger partial charge >= 0.3 is 0 Å². The molecule has 3 heteroatoms. The van der Waals surface area contributed by atoms with E-state index < -0.39 is 0 Å². The van der Waals surface area contributed by atoms with Crippen molar-refractivity contribution in [1.29, 1.82) is 0 Å². The lowest BCUT2D eigenvalue weighted by Gasteiger charge is -2.20. The summed E-state index contributed by atoms with van der Waals surface area (Å²) in [5.41, 5.74) is 3.18. The largest absolute Gasteiger partial charge is 0.317 e. The van der Waals surface area contributed by atoms with Crippen LogP contribution in [0.25, 0.3) is 0 Å². The molecule has 1 aromatic heterocycles. The third kappa shape index (κ3) is 4.22. The van der Waals surface area contributed by atoms with Crippen LogP contribution in [0.3, 0.4) is 0 Å². The summed E-state index contributed by atoms with van der Waals surface area (Å²) in [6.45, 7) is 11.1. The SMILES string of the molecule is CCNCC(CCc1scnc1C)C(C)C. The number of hydrogen-bond donors (Lipinski definition) is 1. The number of aryl methyl sites for hydroxylation is 2. The first-order valence-corrected chi connectivity index (χ1v) is 7.12. The Morgan fingerprint density at radius 2 is 2.19 bits per heavy atom. The van der Waals surface area contributed by atoms with Crippen LogP contribution in [0.4, 0.5) is 0 Å². The Bertz CT molecular complexity index is 294. The molecule has 92 valence electrons. The highest BCUT2D eigenvalue weighted by molar-refractivity contribution is 7.09. The molecule has 1 atom stereocenters. The van der Waals surface area contributed by atoms with Gasteiger partial charge in [-0.25, -0.2) is 4.98 Å². The predicted octanol–water partition coefficient (Wildman–Crippen LogP) is 3.27. The quantitative estimate of drug-likeness (QED) is 0.791. The van der Waals surface area contributed by atoms with E-state index in [0.717, 1.165) is 24.9 Å². The van der Waals surface area contributed by atoms with Gasteiger partial charge in [-0.2, -0.15) is 0 Å². The van der Waals surface area contributed by atoms with Crippen LogP contribution in [0.5, 0.6) is 0 Å². The highest BCUT2D eigenvalue weighted by atomic mass is 32.1. The van der Waals surface area contributed by atoms with Crippen LogP contribution in [0.1, 0.15) is 37.8 Å². The molecule has 1 heterocycles. The maximum atomic E-state index is 4.30. The van der Waals surface area contributed by atoms with E-state index in [4.69, 9.17) is 0 Å². The van der Waals surface area contributed by atoms with Crippen LogP contribution in [0.2, 0.25) is 0 Å². The molecule has 1 unspecified atom stereocenters. The minimum atomic E-state index is 0.757. The average molecular weight is 240 g/mol. The molecule has 0 aliphatic heterocycles. The van der Waals surface area contributed by atoms with Gasteiger partial charge in [0.25, 0.3) is 0 Å². The number of aromatic nitrogens is 1. The van der Waals surface area contributed by atoms with E-state index in [-0.39, 0.29) is 0 Å². The van der Waals surface area contributed by atoms with Crippen molar-refractivity contribution in [2.75, 3.05) is 13.1 Å². The molecule has 0 amide bonds. The summed E-state index contributed by atoms with van der Waals surface area (Å²) in [7, 11) is 0. The number of nitrogens with one attached hydrogen (secondary N) is 1. The van der Waals surface area contributed by atoms with Gasteiger partial charge in [-0.05, 0) is 44.7 Å². The second kappa shape index (κ2) is 7.02. The van der Waals surface area contributed by atoms with Gasteiger partial charge in [0.05, 0.1) is 11.2 Å². The van der Waals surface area contributed by atoms with Crippen LogP contribution in [0, 0.1) is 18.8 Å². The van der Waals surface area contributed by atoms with E-state index in [2.05, 4.69) is 38.0 Å². The Kier molecular flexibility index (Phi) is 5.99. The van der Waals surface area contributed by atoms with Gasteiger partial charge in [0.1, 0.15) is 0 Å². The van der Waals surface area contributed by atoms with Crippen LogP contribution in [-0.4, -0.2) is 18.1 Å². The molecule has 0 saturated carbocycles. The molecule has 0 aliphatic rings. The van der Waals surface area contributed by atoms with E-state index in [1.807, 2.05) is 5.51 Å². The van der Waals surface area contributed by atoms with Crippen molar-refractivity contribution in [3.63, 3.8) is 0 Å². The first kappa shape index (κ1) is 13.7. The molecule has 0 fully saturated rings. The van der Waals surface area contributed by atoms with Crippen molar-refractivity contribution in [1.82, 2.24) is 10.3 Å². The van der Waals surface area contributed by atoms with E-state index in [9.17, 15) is 0 Å². The lowest BCUT2D eigenvalue weighted by molar-refractivity contribution is 0.344. The maximum Gasteiger partial charge on any atom is 0.0797 e. The summed E-state index contributed by atoms with van der Waals surface area (Å²) in [5, 5.41) is 3.46. The third-order valence-corrected chi connectivity index (χ3v) is 4.18. The molecule has 0 spiro atoms. The molecular weight excluding hydrogens is 216 g/mol. The standard InChI is InChI=1S/C13H24N2S/c1-5-14-8-12(10(2)3)6-7-13-11(4)15-9-16-13/h9-10,12,14H,5-8H2,1-4H3. The highest BCUT2D eigenvalue weighted by Gasteiger charge is 2.13. The van der Waals surface area contributed by atoms with Gasteiger partial charge < -0.3 is 5.32 Å². The molecule has 0 aliphatic carbocycles. The van der Waals surface area contributed by atoms with Gasteiger partial charge in [-0.1, -0.05) is 20.8 Å². The number of hydrogen-bond acceptors (Lipinski definition) is 3. The fraction of sp³-hybridized carbons (Fsp3) is 0.769. The van der Waals surface area contributed by atoms with Gasteiger partial charge in [-0.3, -0.25) is 0 Å². The summed E-state index contributed by atoms with van der Waals surface area (Å²) >= 11 is 1.80. The zero-order chi connectivity index (χ0) is 12.0. The number of nitrogens with zero attached hydrogens (tertiary/aromatic N) is 1. The number of rotatable bonds is 7. The Hall–Kier alpha value is -0.410. The summed E-state index contributed by atoms with van der Waals surface area (Å²) in [4.78, 5) is 5.76. The minimum Gasteiger partial charge on any atom is -0.317 e. The van der Waals surface area contributed by atoms with Crippen molar-refractivity contribution < 1.29 is 0 Å². The molecule has 16 heavy (non-hydrogen) atoms. The monoisotopic (exact) mass is 240 g/mol. The summed E-state index contributed by atoms with van der Waals surface area (Å²) < 4.78 is 0. The smallest absolute Gasteiger partial charge is 0.0797 e. The summed E-state index contributed by atoms with van der Waals surface area (Å²) in [6.07, 6.45) is 2.46. The van der Waals surface area contributed by atoms with Crippen LogP contribution < -0.4 is 5.32 Å². The van der Waals surface area contributed by atoms with E-state index in [1.165, 1.54) is 23.4 Å². The fourth-order valence-electron chi connectivity index (χ4n) is 1.88. The molecular formula is C13H24N2S. The average Bonchev–Trinajstić information content (AvgIpc) is 2.64. The van der Waals surface area contributed by atoms with E-state index >= 15 is 0 Å². The third-order valence-electron chi connectivity index (χ3n) is 3.19. The first-order chi connectivity index (χ1) is 7.65. The second-order valence-electron chi connectivity index (χ2n) is 4.71. The fourth-order valence-corrected chi connectivity index (χ4v) is 2.68. The van der Waals surface area contributed by atoms with Crippen LogP contribution >= 0.6 is 11.3 Å². The maximum absolute atomic E-state index is 4.30. The van der Waals surface area contributed by atoms with Crippen molar-refractivity contribution in [3.05, 3.63) is 16.1 Å². The molecule has 1 aromatic rings. The Balaban J connectivity index is 2.40. The lowest BCUT2D eigenvalue weighted by atomic mass is 9.90. The molecule has 0 radical (unpaired) electrons. The van der Waals surface area contributed by atoms with Crippen molar-refractivity contribution in [2.45, 2.75) is 40.5 Å². The highest BCUT2D eigenvalue weighted by Crippen LogP contribution is 2.21. The first-order valence-electron chi connectivity index (χ1n) is 6.24. The van der Waals surface area contributed by atoms with Gasteiger partial charge in [-0.15, -0.1) is 11.3 Å². The molecule has 2 nitrogen and oxygen atoms in total. The van der Waals surface area contributed by atoms with E-state index in [1.54, 1.807) is 11.3 Å². The van der Waals surface area contributed by atoms with Gasteiger partial charge in [0, 0.05) is 4.88 Å².